The van der Waals surface area contributed by atoms with Crippen LogP contribution in [-0.2, 0) is 9.59 Å². The van der Waals surface area contributed by atoms with E-state index in [1.165, 1.54) is 0 Å². The molecule has 1 heterocycles. The summed E-state index contributed by atoms with van der Waals surface area (Å²) in [5.41, 5.74) is 1.10. The topological polar surface area (TPSA) is 49.4 Å². The predicted octanol–water partition coefficient (Wildman–Crippen LogP) is 3.72. The van der Waals surface area contributed by atoms with Gasteiger partial charge in [0.25, 0.3) is 0 Å². The van der Waals surface area contributed by atoms with Gasteiger partial charge in [0, 0.05) is 25.6 Å². The maximum absolute atomic E-state index is 12.9. The third-order valence-corrected chi connectivity index (χ3v) is 4.77. The number of amides is 2. The van der Waals surface area contributed by atoms with Gasteiger partial charge in [-0.15, -0.1) is 0 Å². The molecule has 0 saturated carbocycles. The first-order chi connectivity index (χ1) is 11.8. The Kier molecular flexibility index (Phi) is 6.63. The van der Waals surface area contributed by atoms with Crippen molar-refractivity contribution in [3.63, 3.8) is 0 Å². The molecule has 1 unspecified atom stereocenters. The predicted molar refractivity (Wildman–Crippen MR) is 101 cm³/mol. The number of piperidine rings is 1. The molecule has 4 nitrogen and oxygen atoms in total. The molecule has 0 aromatic heterocycles. The molecule has 0 spiro atoms. The standard InChI is InChI=1S/C21H32N2O2/c1-5-18(16-9-7-6-8-10-16)20(25)23-13-11-17(12-14-23)22-19(24)15-21(2,3)4/h6-10,17-18H,5,11-15H2,1-4H3,(H,22,24). The van der Waals surface area contributed by atoms with Crippen molar-refractivity contribution in [1.82, 2.24) is 10.2 Å². The van der Waals surface area contributed by atoms with Gasteiger partial charge in [0.1, 0.15) is 0 Å². The SMILES string of the molecule is CCC(C(=O)N1CCC(NC(=O)CC(C)(C)C)CC1)c1ccccc1. The minimum atomic E-state index is -0.0618. The molecule has 1 N–H and O–H groups in total. The number of benzene rings is 1. The van der Waals surface area contributed by atoms with Crippen molar-refractivity contribution in [1.29, 1.82) is 0 Å². The van der Waals surface area contributed by atoms with Gasteiger partial charge in [0.15, 0.2) is 0 Å². The second kappa shape index (κ2) is 8.50. The summed E-state index contributed by atoms with van der Waals surface area (Å²) < 4.78 is 0. The Labute approximate surface area is 152 Å². The van der Waals surface area contributed by atoms with E-state index in [1.807, 2.05) is 35.2 Å². The number of nitrogens with zero attached hydrogens (tertiary/aromatic N) is 1. The van der Waals surface area contributed by atoms with E-state index in [-0.39, 0.29) is 29.2 Å². The first-order valence-corrected chi connectivity index (χ1v) is 9.43. The van der Waals surface area contributed by atoms with Crippen LogP contribution in [0.25, 0.3) is 0 Å². The molecule has 1 aliphatic heterocycles. The minimum absolute atomic E-state index is 0.00474. The number of rotatable bonds is 5. The highest BCUT2D eigenvalue weighted by molar-refractivity contribution is 5.84. The summed E-state index contributed by atoms with van der Waals surface area (Å²) in [6.07, 6.45) is 3.03. The molecule has 2 amide bonds. The second-order valence-electron chi connectivity index (χ2n) is 8.28. The smallest absolute Gasteiger partial charge is 0.230 e. The Morgan fingerprint density at radius 2 is 1.76 bits per heavy atom. The fraction of sp³-hybridized carbons (Fsp3) is 0.619. The lowest BCUT2D eigenvalue weighted by molar-refractivity contribution is -0.134. The zero-order valence-electron chi connectivity index (χ0n) is 16.0. The molecular formula is C21H32N2O2. The van der Waals surface area contributed by atoms with E-state index < -0.39 is 0 Å². The molecule has 1 fully saturated rings. The van der Waals surface area contributed by atoms with Gasteiger partial charge in [0.2, 0.25) is 11.8 Å². The summed E-state index contributed by atoms with van der Waals surface area (Å²) in [6.45, 7) is 9.73. The molecule has 1 aromatic carbocycles. The number of hydrogen-bond donors (Lipinski definition) is 1. The monoisotopic (exact) mass is 344 g/mol. The fourth-order valence-electron chi connectivity index (χ4n) is 3.46. The van der Waals surface area contributed by atoms with Crippen LogP contribution in [0.4, 0.5) is 0 Å². The van der Waals surface area contributed by atoms with Gasteiger partial charge in [-0.3, -0.25) is 9.59 Å². The van der Waals surface area contributed by atoms with Gasteiger partial charge in [-0.25, -0.2) is 0 Å². The molecule has 25 heavy (non-hydrogen) atoms. The van der Waals surface area contributed by atoms with Crippen molar-refractivity contribution in [2.24, 2.45) is 5.41 Å². The summed E-state index contributed by atoms with van der Waals surface area (Å²) in [6, 6.07) is 10.2. The number of carbonyl (C=O) groups is 2. The Bertz CT molecular complexity index is 569. The third-order valence-electron chi connectivity index (χ3n) is 4.77. The number of carbonyl (C=O) groups excluding carboxylic acids is 2. The van der Waals surface area contributed by atoms with Crippen LogP contribution in [-0.4, -0.2) is 35.8 Å². The van der Waals surface area contributed by atoms with E-state index in [2.05, 4.69) is 33.0 Å². The van der Waals surface area contributed by atoms with Gasteiger partial charge < -0.3 is 10.2 Å². The van der Waals surface area contributed by atoms with Crippen LogP contribution in [0.3, 0.4) is 0 Å². The molecule has 2 rings (SSSR count). The van der Waals surface area contributed by atoms with Crippen molar-refractivity contribution < 1.29 is 9.59 Å². The Morgan fingerprint density at radius 3 is 2.28 bits per heavy atom. The molecule has 0 bridgehead atoms. The molecule has 1 saturated heterocycles. The highest BCUT2D eigenvalue weighted by Crippen LogP contribution is 2.24. The molecule has 1 atom stereocenters. The highest BCUT2D eigenvalue weighted by atomic mass is 16.2. The minimum Gasteiger partial charge on any atom is -0.353 e. The zero-order valence-corrected chi connectivity index (χ0v) is 16.0. The summed E-state index contributed by atoms with van der Waals surface area (Å²) in [5, 5.41) is 3.13. The number of nitrogens with one attached hydrogen (secondary N) is 1. The highest BCUT2D eigenvalue weighted by Gasteiger charge is 2.29. The Hall–Kier alpha value is -1.84. The van der Waals surface area contributed by atoms with Gasteiger partial charge in [-0.2, -0.15) is 0 Å². The average molecular weight is 344 g/mol. The first-order valence-electron chi connectivity index (χ1n) is 9.43. The lowest BCUT2D eigenvalue weighted by atomic mass is 9.91. The van der Waals surface area contributed by atoms with Crippen molar-refractivity contribution in [2.75, 3.05) is 13.1 Å². The van der Waals surface area contributed by atoms with Gasteiger partial charge in [-0.1, -0.05) is 58.0 Å². The van der Waals surface area contributed by atoms with Crippen LogP contribution in [0.2, 0.25) is 0 Å². The van der Waals surface area contributed by atoms with Crippen LogP contribution >= 0.6 is 0 Å². The van der Waals surface area contributed by atoms with E-state index in [0.717, 1.165) is 37.9 Å². The van der Waals surface area contributed by atoms with Crippen LogP contribution in [0.1, 0.15) is 64.9 Å². The molecule has 4 heteroatoms. The van der Waals surface area contributed by atoms with Crippen LogP contribution in [0, 0.1) is 5.41 Å². The lowest BCUT2D eigenvalue weighted by Gasteiger charge is -2.35. The summed E-state index contributed by atoms with van der Waals surface area (Å²) in [5.74, 6) is 0.273. The maximum atomic E-state index is 12.9. The van der Waals surface area contributed by atoms with E-state index in [9.17, 15) is 9.59 Å². The summed E-state index contributed by atoms with van der Waals surface area (Å²) in [4.78, 5) is 26.9. The number of hydrogen-bond acceptors (Lipinski definition) is 2. The van der Waals surface area contributed by atoms with Crippen LogP contribution < -0.4 is 5.32 Å². The third kappa shape index (κ3) is 5.87. The normalized spacial score (nSPS) is 17.2. The molecule has 0 radical (unpaired) electrons. The molecule has 0 aliphatic carbocycles. The van der Waals surface area contributed by atoms with Gasteiger partial charge in [-0.05, 0) is 30.2 Å². The van der Waals surface area contributed by atoms with Crippen molar-refractivity contribution in [3.8, 4) is 0 Å². The van der Waals surface area contributed by atoms with Crippen molar-refractivity contribution in [2.45, 2.75) is 65.3 Å². The average Bonchev–Trinajstić information content (AvgIpc) is 2.55. The van der Waals surface area contributed by atoms with Gasteiger partial charge >= 0.3 is 0 Å². The number of likely N-dealkylation sites (tertiary alicyclic amines) is 1. The quantitative estimate of drug-likeness (QED) is 0.885. The Morgan fingerprint density at radius 1 is 1.16 bits per heavy atom. The summed E-state index contributed by atoms with van der Waals surface area (Å²) >= 11 is 0. The molecular weight excluding hydrogens is 312 g/mol. The van der Waals surface area contributed by atoms with E-state index in [0.29, 0.717) is 6.42 Å². The first kappa shape index (κ1) is 19.5. The molecule has 1 aromatic rings. The maximum Gasteiger partial charge on any atom is 0.230 e. The largest absolute Gasteiger partial charge is 0.353 e. The van der Waals surface area contributed by atoms with Crippen LogP contribution in [0.15, 0.2) is 30.3 Å². The zero-order chi connectivity index (χ0) is 18.4. The van der Waals surface area contributed by atoms with Crippen molar-refractivity contribution >= 4 is 11.8 Å². The molecule has 138 valence electrons. The van der Waals surface area contributed by atoms with E-state index in [4.69, 9.17) is 0 Å². The lowest BCUT2D eigenvalue weighted by Crippen LogP contribution is -2.48. The second-order valence-corrected chi connectivity index (χ2v) is 8.28. The van der Waals surface area contributed by atoms with Crippen molar-refractivity contribution in [3.05, 3.63) is 35.9 Å². The summed E-state index contributed by atoms with van der Waals surface area (Å²) in [7, 11) is 0. The Balaban J connectivity index is 1.86. The fourth-order valence-corrected chi connectivity index (χ4v) is 3.46. The van der Waals surface area contributed by atoms with Crippen LogP contribution in [0.5, 0.6) is 0 Å². The van der Waals surface area contributed by atoms with E-state index >= 15 is 0 Å². The van der Waals surface area contributed by atoms with Gasteiger partial charge in [0.05, 0.1) is 5.92 Å². The van der Waals surface area contributed by atoms with E-state index in [1.54, 1.807) is 0 Å². The molecule has 1 aliphatic rings.